The summed E-state index contributed by atoms with van der Waals surface area (Å²) >= 11 is 5.83. The van der Waals surface area contributed by atoms with Gasteiger partial charge in [0.25, 0.3) is 15.9 Å². The maximum Gasteiger partial charge on any atom is 0.262 e. The number of rotatable bonds is 5. The van der Waals surface area contributed by atoms with Crippen molar-refractivity contribution in [3.8, 4) is 11.5 Å². The highest BCUT2D eigenvalue weighted by Crippen LogP contribution is 2.32. The number of anilines is 2. The van der Waals surface area contributed by atoms with Crippen LogP contribution in [-0.2, 0) is 10.0 Å². The molecule has 0 radical (unpaired) electrons. The van der Waals surface area contributed by atoms with Crippen molar-refractivity contribution >= 4 is 38.9 Å². The van der Waals surface area contributed by atoms with Crippen molar-refractivity contribution in [2.75, 3.05) is 23.3 Å². The van der Waals surface area contributed by atoms with Crippen LogP contribution in [0.25, 0.3) is 0 Å². The van der Waals surface area contributed by atoms with Crippen molar-refractivity contribution in [3.05, 3.63) is 77.3 Å². The smallest absolute Gasteiger partial charge is 0.262 e. The first-order valence-electron chi connectivity index (χ1n) is 9.00. The highest BCUT2D eigenvalue weighted by molar-refractivity contribution is 7.92. The average molecular weight is 445 g/mol. The Labute approximate surface area is 178 Å². The van der Waals surface area contributed by atoms with Crippen LogP contribution in [0.1, 0.15) is 10.4 Å². The molecule has 1 aliphatic rings. The van der Waals surface area contributed by atoms with Crippen LogP contribution >= 0.6 is 11.6 Å². The van der Waals surface area contributed by atoms with Crippen LogP contribution in [0, 0.1) is 0 Å². The third-order valence-corrected chi connectivity index (χ3v) is 5.96. The van der Waals surface area contributed by atoms with Gasteiger partial charge in [-0.25, -0.2) is 8.42 Å². The van der Waals surface area contributed by atoms with E-state index in [4.69, 9.17) is 21.1 Å². The average Bonchev–Trinajstić information content (AvgIpc) is 2.75. The van der Waals surface area contributed by atoms with Gasteiger partial charge in [0.05, 0.1) is 4.90 Å². The molecule has 0 saturated heterocycles. The second-order valence-electron chi connectivity index (χ2n) is 6.45. The van der Waals surface area contributed by atoms with Crippen LogP contribution in [0.2, 0.25) is 5.02 Å². The van der Waals surface area contributed by atoms with Gasteiger partial charge in [0.1, 0.15) is 13.2 Å². The summed E-state index contributed by atoms with van der Waals surface area (Å²) in [7, 11) is -3.83. The zero-order valence-corrected chi connectivity index (χ0v) is 17.2. The number of hydrogen-bond donors (Lipinski definition) is 2. The number of benzene rings is 3. The second-order valence-corrected chi connectivity index (χ2v) is 8.57. The minimum absolute atomic E-state index is 0.0521. The Morgan fingerprint density at radius 1 is 0.833 bits per heavy atom. The number of hydrogen-bond acceptors (Lipinski definition) is 5. The maximum absolute atomic E-state index is 12.7. The summed E-state index contributed by atoms with van der Waals surface area (Å²) in [5.74, 6) is 0.577. The van der Waals surface area contributed by atoms with E-state index in [0.29, 0.717) is 46.7 Å². The van der Waals surface area contributed by atoms with Crippen LogP contribution in [0.3, 0.4) is 0 Å². The monoisotopic (exact) mass is 444 g/mol. The van der Waals surface area contributed by atoms with E-state index in [1.165, 1.54) is 36.4 Å². The lowest BCUT2D eigenvalue weighted by Gasteiger charge is -2.19. The van der Waals surface area contributed by atoms with Crippen molar-refractivity contribution in [1.82, 2.24) is 0 Å². The quantitative estimate of drug-likeness (QED) is 0.616. The molecular weight excluding hydrogens is 428 g/mol. The molecule has 30 heavy (non-hydrogen) atoms. The van der Waals surface area contributed by atoms with Gasteiger partial charge in [0.15, 0.2) is 11.5 Å². The summed E-state index contributed by atoms with van der Waals surface area (Å²) in [4.78, 5) is 12.4. The van der Waals surface area contributed by atoms with Gasteiger partial charge in [-0.15, -0.1) is 0 Å². The van der Waals surface area contributed by atoms with E-state index in [1.807, 2.05) is 0 Å². The number of amides is 1. The molecule has 154 valence electrons. The van der Waals surface area contributed by atoms with Crippen molar-refractivity contribution in [2.24, 2.45) is 0 Å². The molecule has 1 amide bonds. The summed E-state index contributed by atoms with van der Waals surface area (Å²) in [6, 6.07) is 17.3. The van der Waals surface area contributed by atoms with Gasteiger partial charge in [-0.3, -0.25) is 9.52 Å². The Kier molecular flexibility index (Phi) is 5.52. The molecule has 4 rings (SSSR count). The molecule has 0 atom stereocenters. The Bertz CT molecular complexity index is 1180. The van der Waals surface area contributed by atoms with E-state index >= 15 is 0 Å². The topological polar surface area (TPSA) is 93.7 Å². The van der Waals surface area contributed by atoms with E-state index in [-0.39, 0.29) is 10.8 Å². The fourth-order valence-corrected chi connectivity index (χ4v) is 4.03. The molecule has 0 spiro atoms. The summed E-state index contributed by atoms with van der Waals surface area (Å²) in [6.07, 6.45) is 0. The lowest BCUT2D eigenvalue weighted by Crippen LogP contribution is -2.17. The molecule has 1 heterocycles. The van der Waals surface area contributed by atoms with Crippen LogP contribution in [0.15, 0.2) is 71.6 Å². The fourth-order valence-electron chi connectivity index (χ4n) is 2.83. The third-order valence-electron chi connectivity index (χ3n) is 4.33. The Balaban J connectivity index is 1.46. The molecule has 9 heteroatoms. The molecule has 0 aliphatic carbocycles. The van der Waals surface area contributed by atoms with Gasteiger partial charge in [-0.1, -0.05) is 11.6 Å². The van der Waals surface area contributed by atoms with Gasteiger partial charge in [0, 0.05) is 28.0 Å². The minimum atomic E-state index is -3.83. The third kappa shape index (κ3) is 4.50. The molecule has 0 unspecified atom stereocenters. The number of nitrogens with one attached hydrogen (secondary N) is 2. The van der Waals surface area contributed by atoms with Crippen molar-refractivity contribution in [1.29, 1.82) is 0 Å². The van der Waals surface area contributed by atoms with Gasteiger partial charge in [-0.2, -0.15) is 0 Å². The number of ether oxygens (including phenoxy) is 2. The van der Waals surface area contributed by atoms with Crippen LogP contribution < -0.4 is 19.5 Å². The zero-order valence-electron chi connectivity index (χ0n) is 15.6. The first-order valence-corrected chi connectivity index (χ1v) is 10.9. The lowest BCUT2D eigenvalue weighted by molar-refractivity contribution is 0.102. The predicted octanol–water partition coefficient (Wildman–Crippen LogP) is 4.16. The first kappa shape index (κ1) is 20.1. The van der Waals surface area contributed by atoms with Crippen molar-refractivity contribution in [3.63, 3.8) is 0 Å². The summed E-state index contributed by atoms with van der Waals surface area (Å²) < 4.78 is 38.7. The highest BCUT2D eigenvalue weighted by atomic mass is 35.5. The number of carbonyl (C=O) groups excluding carboxylic acids is 1. The molecule has 0 aromatic heterocycles. The van der Waals surface area contributed by atoms with Gasteiger partial charge >= 0.3 is 0 Å². The van der Waals surface area contributed by atoms with Gasteiger partial charge in [0.2, 0.25) is 0 Å². The summed E-state index contributed by atoms with van der Waals surface area (Å²) in [5.41, 5.74) is 1.31. The molecular formula is C21H17ClN2O5S. The zero-order chi connectivity index (χ0) is 21.1. The van der Waals surface area contributed by atoms with Crippen LogP contribution in [0.4, 0.5) is 11.4 Å². The number of halogens is 1. The second kappa shape index (κ2) is 8.25. The summed E-state index contributed by atoms with van der Waals surface area (Å²) in [5, 5.41) is 3.32. The number of sulfonamides is 1. The fraction of sp³-hybridized carbons (Fsp3) is 0.0952. The van der Waals surface area contributed by atoms with Crippen LogP contribution in [0.5, 0.6) is 11.5 Å². The Morgan fingerprint density at radius 3 is 2.17 bits per heavy atom. The normalized spacial score (nSPS) is 12.8. The largest absolute Gasteiger partial charge is 0.486 e. The molecule has 0 saturated carbocycles. The molecule has 1 aliphatic heterocycles. The summed E-state index contributed by atoms with van der Waals surface area (Å²) in [6.45, 7) is 0.790. The standard InChI is InChI=1S/C21H17ClN2O5S/c22-15-3-7-16(8-4-15)23-21(25)14-1-5-17(6-2-14)24-30(26,27)18-9-10-19-20(13-18)29-12-11-28-19/h1-10,13,24H,11-12H2,(H,23,25). The minimum Gasteiger partial charge on any atom is -0.486 e. The van der Waals surface area contributed by atoms with E-state index in [2.05, 4.69) is 10.0 Å². The predicted molar refractivity (Wildman–Crippen MR) is 114 cm³/mol. The maximum atomic E-state index is 12.7. The molecule has 7 nitrogen and oxygen atoms in total. The molecule has 0 fully saturated rings. The molecule has 0 bridgehead atoms. The lowest BCUT2D eigenvalue weighted by atomic mass is 10.2. The SMILES string of the molecule is O=C(Nc1ccc(Cl)cc1)c1ccc(NS(=O)(=O)c2ccc3c(c2)OCCO3)cc1. The Hall–Kier alpha value is -3.23. The van der Waals surface area contributed by atoms with E-state index < -0.39 is 10.0 Å². The van der Waals surface area contributed by atoms with E-state index in [0.717, 1.165) is 0 Å². The van der Waals surface area contributed by atoms with Gasteiger partial charge < -0.3 is 14.8 Å². The molecule has 3 aromatic carbocycles. The van der Waals surface area contributed by atoms with E-state index in [9.17, 15) is 13.2 Å². The number of fused-ring (bicyclic) bond motifs is 1. The Morgan fingerprint density at radius 2 is 1.47 bits per heavy atom. The van der Waals surface area contributed by atoms with Gasteiger partial charge in [-0.05, 0) is 60.7 Å². The van der Waals surface area contributed by atoms with E-state index in [1.54, 1.807) is 30.3 Å². The molecule has 2 N–H and O–H groups in total. The van der Waals surface area contributed by atoms with Crippen LogP contribution in [-0.4, -0.2) is 27.5 Å². The first-order chi connectivity index (χ1) is 14.4. The highest BCUT2D eigenvalue weighted by Gasteiger charge is 2.19. The molecule has 3 aromatic rings. The van der Waals surface area contributed by atoms with Crippen molar-refractivity contribution < 1.29 is 22.7 Å². The van der Waals surface area contributed by atoms with Crippen molar-refractivity contribution in [2.45, 2.75) is 4.90 Å². The number of carbonyl (C=O) groups is 1.